The average Bonchev–Trinajstić information content (AvgIpc) is 2.14. The summed E-state index contributed by atoms with van der Waals surface area (Å²) in [6.45, 7) is 0. The highest BCUT2D eigenvalue weighted by Gasteiger charge is 2.25. The van der Waals surface area contributed by atoms with Crippen LogP contribution >= 0.6 is 0 Å². The number of carbonyl (C=O) groups excluding carboxylic acids is 2. The predicted octanol–water partition coefficient (Wildman–Crippen LogP) is -0.187. The zero-order chi connectivity index (χ0) is 11.1. The Balaban J connectivity index is 4.31. The zero-order valence-corrected chi connectivity index (χ0v) is 7.98. The summed E-state index contributed by atoms with van der Waals surface area (Å²) in [7, 11) is 2.30. The average molecular weight is 204 g/mol. The van der Waals surface area contributed by atoms with Gasteiger partial charge in [0.25, 0.3) is 0 Å². The van der Waals surface area contributed by atoms with E-state index in [0.29, 0.717) is 0 Å². The fraction of sp³-hybridized carbons (Fsp3) is 0.625. The Morgan fingerprint density at radius 1 is 1.14 bits per heavy atom. The fourth-order valence-corrected chi connectivity index (χ4v) is 0.901. The first-order valence-electron chi connectivity index (χ1n) is 3.87. The maximum absolute atomic E-state index is 11.0. The van der Waals surface area contributed by atoms with E-state index in [1.54, 1.807) is 0 Å². The number of hydrogen-bond donors (Lipinski definition) is 1. The highest BCUT2D eigenvalue weighted by atomic mass is 16.5. The molecule has 1 atom stereocenters. The molecule has 0 aromatic heterocycles. The minimum atomic E-state index is -1.16. The normalized spacial score (nSPS) is 11.6. The van der Waals surface area contributed by atoms with Crippen molar-refractivity contribution in [1.82, 2.24) is 0 Å². The smallest absolute Gasteiger partial charge is 0.309 e. The van der Waals surface area contributed by atoms with E-state index in [4.69, 9.17) is 5.11 Å². The molecule has 0 saturated carbocycles. The molecule has 0 heterocycles. The number of aliphatic carboxylic acids is 1. The quantitative estimate of drug-likeness (QED) is 0.624. The summed E-state index contributed by atoms with van der Waals surface area (Å²) in [6.07, 6.45) is -0.725. The van der Waals surface area contributed by atoms with Crippen LogP contribution in [0.15, 0.2) is 0 Å². The minimum Gasteiger partial charge on any atom is -0.481 e. The summed E-state index contributed by atoms with van der Waals surface area (Å²) >= 11 is 0. The molecule has 0 fully saturated rings. The van der Waals surface area contributed by atoms with E-state index in [9.17, 15) is 14.4 Å². The third-order valence-electron chi connectivity index (χ3n) is 1.60. The summed E-state index contributed by atoms with van der Waals surface area (Å²) < 4.78 is 8.67. The number of esters is 2. The van der Waals surface area contributed by atoms with Gasteiger partial charge in [-0.25, -0.2) is 0 Å². The maximum atomic E-state index is 11.0. The zero-order valence-electron chi connectivity index (χ0n) is 7.98. The molecule has 14 heavy (non-hydrogen) atoms. The molecule has 1 N–H and O–H groups in total. The molecule has 0 bridgehead atoms. The van der Waals surface area contributed by atoms with Gasteiger partial charge in [-0.15, -0.1) is 0 Å². The topological polar surface area (TPSA) is 89.9 Å². The Hall–Kier alpha value is -1.59. The summed E-state index contributed by atoms with van der Waals surface area (Å²) in [5.41, 5.74) is 0. The Bertz CT molecular complexity index is 234. The van der Waals surface area contributed by atoms with Crippen LogP contribution < -0.4 is 0 Å². The van der Waals surface area contributed by atoms with E-state index in [2.05, 4.69) is 9.47 Å². The molecule has 80 valence electrons. The molecule has 0 saturated heterocycles. The summed E-state index contributed by atoms with van der Waals surface area (Å²) in [6, 6.07) is 0. The maximum Gasteiger partial charge on any atom is 0.309 e. The van der Waals surface area contributed by atoms with Crippen molar-refractivity contribution >= 4 is 17.9 Å². The van der Waals surface area contributed by atoms with Gasteiger partial charge in [-0.2, -0.15) is 0 Å². The van der Waals surface area contributed by atoms with Crippen LogP contribution in [0.3, 0.4) is 0 Å². The van der Waals surface area contributed by atoms with Crippen molar-refractivity contribution in [2.24, 2.45) is 5.92 Å². The lowest BCUT2D eigenvalue weighted by molar-refractivity contribution is -0.155. The van der Waals surface area contributed by atoms with E-state index in [0.717, 1.165) is 14.2 Å². The molecule has 0 aliphatic heterocycles. The Morgan fingerprint density at radius 2 is 1.71 bits per heavy atom. The number of hydrogen-bond acceptors (Lipinski definition) is 5. The van der Waals surface area contributed by atoms with Gasteiger partial charge in [0, 0.05) is 0 Å². The van der Waals surface area contributed by atoms with Gasteiger partial charge in [0.1, 0.15) is 0 Å². The third kappa shape index (κ3) is 4.44. The van der Waals surface area contributed by atoms with Crippen LogP contribution in [0.4, 0.5) is 0 Å². The van der Waals surface area contributed by atoms with E-state index in [-0.39, 0.29) is 6.42 Å². The molecule has 0 aromatic carbocycles. The van der Waals surface area contributed by atoms with Crippen LogP contribution in [-0.4, -0.2) is 37.2 Å². The van der Waals surface area contributed by atoms with Crippen LogP contribution in [0.2, 0.25) is 0 Å². The van der Waals surface area contributed by atoms with Gasteiger partial charge in [-0.1, -0.05) is 0 Å². The number of carboxylic acid groups (broad SMARTS) is 1. The van der Waals surface area contributed by atoms with Gasteiger partial charge in [-0.05, 0) is 0 Å². The van der Waals surface area contributed by atoms with Crippen molar-refractivity contribution < 1.29 is 29.0 Å². The van der Waals surface area contributed by atoms with E-state index in [1.807, 2.05) is 0 Å². The SMILES string of the molecule is COC(=O)C[C@@H](CC(=O)O)C(=O)OC. The molecule has 0 aromatic rings. The highest BCUT2D eigenvalue weighted by Crippen LogP contribution is 2.11. The Labute approximate surface area is 80.8 Å². The molecular weight excluding hydrogens is 192 g/mol. The second-order valence-electron chi connectivity index (χ2n) is 2.60. The Kier molecular flexibility index (Phi) is 5.28. The van der Waals surface area contributed by atoms with Crippen LogP contribution in [0.5, 0.6) is 0 Å². The van der Waals surface area contributed by atoms with Crippen LogP contribution in [0.25, 0.3) is 0 Å². The number of carbonyl (C=O) groups is 3. The second kappa shape index (κ2) is 5.95. The van der Waals surface area contributed by atoms with Crippen LogP contribution in [-0.2, 0) is 23.9 Å². The monoisotopic (exact) mass is 204 g/mol. The molecule has 6 nitrogen and oxygen atoms in total. The van der Waals surface area contributed by atoms with Gasteiger partial charge in [0.15, 0.2) is 0 Å². The molecular formula is C8H12O6. The lowest BCUT2D eigenvalue weighted by Gasteiger charge is -2.10. The molecule has 0 aliphatic carbocycles. The van der Waals surface area contributed by atoms with Crippen molar-refractivity contribution in [2.45, 2.75) is 12.8 Å². The predicted molar refractivity (Wildman–Crippen MR) is 44.4 cm³/mol. The highest BCUT2D eigenvalue weighted by molar-refractivity contribution is 5.83. The number of carboxylic acids is 1. The van der Waals surface area contributed by atoms with Gasteiger partial charge >= 0.3 is 17.9 Å². The molecule has 0 radical (unpaired) electrons. The van der Waals surface area contributed by atoms with Gasteiger partial charge in [0.05, 0.1) is 33.0 Å². The lowest BCUT2D eigenvalue weighted by Crippen LogP contribution is -2.23. The van der Waals surface area contributed by atoms with Gasteiger partial charge < -0.3 is 14.6 Å². The van der Waals surface area contributed by atoms with Crippen molar-refractivity contribution in [2.75, 3.05) is 14.2 Å². The van der Waals surface area contributed by atoms with E-state index in [1.165, 1.54) is 0 Å². The van der Waals surface area contributed by atoms with E-state index >= 15 is 0 Å². The van der Waals surface area contributed by atoms with E-state index < -0.39 is 30.2 Å². The summed E-state index contributed by atoms with van der Waals surface area (Å²) in [4.78, 5) is 32.1. The van der Waals surface area contributed by atoms with Crippen LogP contribution in [0, 0.1) is 5.92 Å². The fourth-order valence-electron chi connectivity index (χ4n) is 0.901. The van der Waals surface area contributed by atoms with Crippen LogP contribution in [0.1, 0.15) is 12.8 Å². The standard InChI is InChI=1S/C8H12O6/c1-13-7(11)4-5(3-6(9)10)8(12)14-2/h5H,3-4H2,1-2H3,(H,9,10)/t5-/m1/s1. The largest absolute Gasteiger partial charge is 0.481 e. The first-order chi connectivity index (χ1) is 6.51. The Morgan fingerprint density at radius 3 is 2.07 bits per heavy atom. The molecule has 0 amide bonds. The molecule has 0 rings (SSSR count). The first-order valence-corrected chi connectivity index (χ1v) is 3.87. The lowest BCUT2D eigenvalue weighted by atomic mass is 10.0. The van der Waals surface area contributed by atoms with Crippen molar-refractivity contribution in [3.05, 3.63) is 0 Å². The van der Waals surface area contributed by atoms with Crippen molar-refractivity contribution in [3.8, 4) is 0 Å². The van der Waals surface area contributed by atoms with Crippen molar-refractivity contribution in [1.29, 1.82) is 0 Å². The number of methoxy groups -OCH3 is 2. The molecule has 0 aliphatic rings. The first kappa shape index (κ1) is 12.4. The summed E-state index contributed by atoms with van der Waals surface area (Å²) in [5, 5.41) is 8.45. The number of ether oxygens (including phenoxy) is 2. The molecule has 0 spiro atoms. The number of rotatable bonds is 5. The minimum absolute atomic E-state index is 0.282. The second-order valence-corrected chi connectivity index (χ2v) is 2.60. The molecule has 0 unspecified atom stereocenters. The van der Waals surface area contributed by atoms with Gasteiger partial charge in [0.2, 0.25) is 0 Å². The third-order valence-corrected chi connectivity index (χ3v) is 1.60. The van der Waals surface area contributed by atoms with Crippen molar-refractivity contribution in [3.63, 3.8) is 0 Å². The molecule has 6 heteroatoms. The van der Waals surface area contributed by atoms with Gasteiger partial charge in [-0.3, -0.25) is 14.4 Å². The summed E-state index contributed by atoms with van der Waals surface area (Å²) in [5.74, 6) is -3.51.